The fourth-order valence-corrected chi connectivity index (χ4v) is 3.31. The number of aromatic nitrogens is 1. The topological polar surface area (TPSA) is 62.5 Å². The molecule has 5 heteroatoms. The maximum atomic E-state index is 12.1. The van der Waals surface area contributed by atoms with Crippen LogP contribution in [0.3, 0.4) is 0 Å². The summed E-state index contributed by atoms with van der Waals surface area (Å²) in [6.07, 6.45) is 2.64. The van der Waals surface area contributed by atoms with Crippen molar-refractivity contribution in [1.29, 1.82) is 0 Å². The number of fused-ring (bicyclic) bond motifs is 4. The molecule has 0 aromatic carbocycles. The average Bonchev–Trinajstić information content (AvgIpc) is 2.34. The van der Waals surface area contributed by atoms with E-state index in [4.69, 9.17) is 5.11 Å². The van der Waals surface area contributed by atoms with Crippen LogP contribution >= 0.6 is 0 Å². The predicted molar refractivity (Wildman–Crippen MR) is 65.8 cm³/mol. The zero-order valence-corrected chi connectivity index (χ0v) is 10.3. The number of nitrogens with zero attached hydrogens (tertiary/aromatic N) is 2. The Kier molecular flexibility index (Phi) is 2.43. The van der Waals surface area contributed by atoms with Crippen LogP contribution < -0.4 is 5.56 Å². The summed E-state index contributed by atoms with van der Waals surface area (Å²) in [6, 6.07) is 1.98. The molecule has 1 fully saturated rings. The van der Waals surface area contributed by atoms with Crippen molar-refractivity contribution in [3.05, 3.63) is 33.7 Å². The summed E-state index contributed by atoms with van der Waals surface area (Å²) in [7, 11) is 1.76. The van der Waals surface area contributed by atoms with E-state index >= 15 is 0 Å². The lowest BCUT2D eigenvalue weighted by Crippen LogP contribution is -2.46. The Bertz CT molecular complexity index is 564. The monoisotopic (exact) mass is 248 g/mol. The number of likely N-dealkylation sites (tertiary alicyclic amines) is 1. The van der Waals surface area contributed by atoms with Crippen molar-refractivity contribution in [3.8, 4) is 0 Å². The van der Waals surface area contributed by atoms with E-state index in [1.54, 1.807) is 17.8 Å². The third-order valence-electron chi connectivity index (χ3n) is 4.15. The second-order valence-electron chi connectivity index (χ2n) is 5.36. The van der Waals surface area contributed by atoms with Crippen molar-refractivity contribution in [2.75, 3.05) is 13.1 Å². The largest absolute Gasteiger partial charge is 0.465 e. The van der Waals surface area contributed by atoms with Crippen LogP contribution in [0.1, 0.15) is 23.5 Å². The van der Waals surface area contributed by atoms with Gasteiger partial charge in [0.25, 0.3) is 5.56 Å². The highest BCUT2D eigenvalue weighted by Gasteiger charge is 2.36. The number of pyridine rings is 1. The van der Waals surface area contributed by atoms with E-state index in [2.05, 4.69) is 0 Å². The molecule has 18 heavy (non-hydrogen) atoms. The Morgan fingerprint density at radius 3 is 2.94 bits per heavy atom. The zero-order valence-electron chi connectivity index (χ0n) is 10.3. The highest BCUT2D eigenvalue weighted by Crippen LogP contribution is 2.37. The van der Waals surface area contributed by atoms with E-state index in [1.807, 2.05) is 6.07 Å². The van der Waals surface area contributed by atoms with E-state index in [1.165, 1.54) is 4.90 Å². The summed E-state index contributed by atoms with van der Waals surface area (Å²) < 4.78 is 1.61. The van der Waals surface area contributed by atoms with Crippen LogP contribution in [-0.2, 0) is 13.5 Å². The van der Waals surface area contributed by atoms with Gasteiger partial charge in [-0.2, -0.15) is 0 Å². The summed E-state index contributed by atoms with van der Waals surface area (Å²) >= 11 is 0. The normalized spacial score (nSPS) is 25.7. The molecule has 2 unspecified atom stereocenters. The Morgan fingerprint density at radius 1 is 1.44 bits per heavy atom. The number of carbonyl (C=O) groups is 1. The molecule has 1 aliphatic heterocycles. The molecule has 2 bridgehead atoms. The third-order valence-corrected chi connectivity index (χ3v) is 4.15. The Hall–Kier alpha value is -1.78. The van der Waals surface area contributed by atoms with Crippen molar-refractivity contribution in [3.63, 3.8) is 0 Å². The Balaban J connectivity index is 2.03. The molecule has 2 heterocycles. The van der Waals surface area contributed by atoms with Crippen LogP contribution in [0.2, 0.25) is 0 Å². The fourth-order valence-electron chi connectivity index (χ4n) is 3.31. The van der Waals surface area contributed by atoms with Gasteiger partial charge >= 0.3 is 6.09 Å². The SMILES string of the molecule is Cn1ccc2c(c1=O)CC1CC2CN(C(=O)O)C1. The Morgan fingerprint density at radius 2 is 2.22 bits per heavy atom. The summed E-state index contributed by atoms with van der Waals surface area (Å²) in [5, 5.41) is 9.10. The Labute approximate surface area is 105 Å². The molecule has 1 aromatic heterocycles. The lowest BCUT2D eigenvalue weighted by atomic mass is 9.74. The van der Waals surface area contributed by atoms with Gasteiger partial charge in [-0.05, 0) is 30.4 Å². The standard InChI is InChI=1S/C13H16N2O3/c1-14-3-2-10-9-4-8(5-11(10)12(14)16)6-15(7-9)13(17)18/h2-3,8-9H,4-7H2,1H3,(H,17,18). The van der Waals surface area contributed by atoms with Crippen molar-refractivity contribution in [2.45, 2.75) is 18.8 Å². The molecule has 0 saturated carbocycles. The fraction of sp³-hybridized carbons (Fsp3) is 0.538. The van der Waals surface area contributed by atoms with E-state index in [9.17, 15) is 9.59 Å². The second kappa shape index (κ2) is 3.86. The number of hydrogen-bond donors (Lipinski definition) is 1. The minimum atomic E-state index is -0.850. The van der Waals surface area contributed by atoms with Crippen molar-refractivity contribution >= 4 is 6.09 Å². The van der Waals surface area contributed by atoms with Crippen molar-refractivity contribution in [2.24, 2.45) is 13.0 Å². The molecular weight excluding hydrogens is 232 g/mol. The van der Waals surface area contributed by atoms with Gasteiger partial charge in [0.05, 0.1) is 0 Å². The molecule has 1 amide bonds. The lowest BCUT2D eigenvalue weighted by molar-refractivity contribution is 0.108. The van der Waals surface area contributed by atoms with E-state index in [0.717, 1.165) is 17.5 Å². The van der Waals surface area contributed by atoms with E-state index in [0.29, 0.717) is 25.4 Å². The zero-order chi connectivity index (χ0) is 12.9. The maximum absolute atomic E-state index is 12.1. The molecule has 3 rings (SSSR count). The van der Waals surface area contributed by atoms with Gasteiger partial charge in [-0.25, -0.2) is 4.79 Å². The first-order chi connectivity index (χ1) is 8.56. The number of hydrogen-bond acceptors (Lipinski definition) is 2. The quantitative estimate of drug-likeness (QED) is 0.745. The molecule has 1 saturated heterocycles. The minimum absolute atomic E-state index is 0.0750. The smallest absolute Gasteiger partial charge is 0.407 e. The molecule has 0 radical (unpaired) electrons. The van der Waals surface area contributed by atoms with Gasteiger partial charge in [0.1, 0.15) is 0 Å². The van der Waals surface area contributed by atoms with Crippen molar-refractivity contribution in [1.82, 2.24) is 9.47 Å². The average molecular weight is 248 g/mol. The molecule has 1 N–H and O–H groups in total. The molecule has 2 atom stereocenters. The minimum Gasteiger partial charge on any atom is -0.465 e. The summed E-state index contributed by atoms with van der Waals surface area (Å²) in [6.45, 7) is 1.08. The van der Waals surface area contributed by atoms with Crippen LogP contribution in [0.25, 0.3) is 0 Å². The third kappa shape index (κ3) is 1.62. The van der Waals surface area contributed by atoms with Gasteiger partial charge < -0.3 is 14.6 Å². The van der Waals surface area contributed by atoms with Gasteiger partial charge in [0.2, 0.25) is 0 Å². The summed E-state index contributed by atoms with van der Waals surface area (Å²) in [5.41, 5.74) is 2.03. The number of rotatable bonds is 0. The summed E-state index contributed by atoms with van der Waals surface area (Å²) in [4.78, 5) is 24.7. The number of aryl methyl sites for hydroxylation is 1. The van der Waals surface area contributed by atoms with Crippen molar-refractivity contribution < 1.29 is 9.90 Å². The van der Waals surface area contributed by atoms with E-state index < -0.39 is 6.09 Å². The van der Waals surface area contributed by atoms with Crippen LogP contribution in [-0.4, -0.2) is 33.8 Å². The maximum Gasteiger partial charge on any atom is 0.407 e. The van der Waals surface area contributed by atoms with Gasteiger partial charge in [-0.3, -0.25) is 4.79 Å². The van der Waals surface area contributed by atoms with Gasteiger partial charge in [0.15, 0.2) is 0 Å². The number of amides is 1. The molecule has 2 aliphatic rings. The molecule has 1 aromatic rings. The molecule has 0 spiro atoms. The summed E-state index contributed by atoms with van der Waals surface area (Å²) in [5.74, 6) is 0.486. The first-order valence-electron chi connectivity index (χ1n) is 6.22. The highest BCUT2D eigenvalue weighted by atomic mass is 16.4. The molecule has 1 aliphatic carbocycles. The van der Waals surface area contributed by atoms with E-state index in [-0.39, 0.29) is 11.5 Å². The van der Waals surface area contributed by atoms with Gasteiger partial charge in [0, 0.05) is 37.8 Å². The van der Waals surface area contributed by atoms with Crippen LogP contribution in [0.5, 0.6) is 0 Å². The predicted octanol–water partition coefficient (Wildman–Crippen LogP) is 1.02. The molecule has 96 valence electrons. The highest BCUT2D eigenvalue weighted by molar-refractivity contribution is 5.65. The van der Waals surface area contributed by atoms with Gasteiger partial charge in [-0.1, -0.05) is 0 Å². The van der Waals surface area contributed by atoms with Crippen LogP contribution in [0, 0.1) is 5.92 Å². The lowest BCUT2D eigenvalue weighted by Gasteiger charge is -2.40. The first-order valence-corrected chi connectivity index (χ1v) is 6.22. The molecule has 5 nitrogen and oxygen atoms in total. The number of piperidine rings is 1. The number of carboxylic acid groups (broad SMARTS) is 1. The van der Waals surface area contributed by atoms with Gasteiger partial charge in [-0.15, -0.1) is 0 Å². The first kappa shape index (κ1) is 11.3. The second-order valence-corrected chi connectivity index (χ2v) is 5.36. The molecular formula is C13H16N2O3. The van der Waals surface area contributed by atoms with Crippen LogP contribution in [0.4, 0.5) is 4.79 Å². The van der Waals surface area contributed by atoms with Crippen LogP contribution in [0.15, 0.2) is 17.1 Å².